The smallest absolute Gasteiger partial charge is 0.450 e. The molecule has 0 fully saturated rings. The van der Waals surface area contributed by atoms with Crippen LogP contribution in [0, 0.1) is 0 Å². The third kappa shape index (κ3) is 5.50. The highest BCUT2D eigenvalue weighted by Crippen LogP contribution is 2.13. The lowest BCUT2D eigenvalue weighted by molar-refractivity contribution is 0.109. The molecule has 17 heavy (non-hydrogen) atoms. The number of rotatable bonds is 7. The van der Waals surface area contributed by atoms with Crippen LogP contribution in [0.2, 0.25) is 0 Å². The molecule has 0 atom stereocenters. The number of aromatic nitrogens is 4. The van der Waals surface area contributed by atoms with Gasteiger partial charge in [0, 0.05) is 6.54 Å². The lowest BCUT2D eigenvalue weighted by Crippen LogP contribution is -2.16. The number of tetrazole rings is 1. The van der Waals surface area contributed by atoms with Gasteiger partial charge in [0.1, 0.15) is 5.94 Å². The molecule has 0 aromatic carbocycles. The number of hydrogen-bond acceptors (Lipinski definition) is 7. The lowest BCUT2D eigenvalue weighted by atomic mass is 10.4. The SMILES string of the molecule is CN(C)CCCn1nnnc1SCOC(=O)O. The molecule has 1 aromatic heterocycles. The van der Waals surface area contributed by atoms with Crippen LogP contribution >= 0.6 is 11.8 Å². The fraction of sp³-hybridized carbons (Fsp3) is 0.750. The van der Waals surface area contributed by atoms with Crippen LogP contribution < -0.4 is 0 Å². The Morgan fingerprint density at radius 2 is 2.35 bits per heavy atom. The molecule has 9 heteroatoms. The van der Waals surface area contributed by atoms with Crippen molar-refractivity contribution >= 4 is 17.9 Å². The Kier molecular flexibility index (Phi) is 5.70. The molecule has 0 unspecified atom stereocenters. The second-order valence-corrected chi connectivity index (χ2v) is 4.40. The Balaban J connectivity index is 2.34. The quantitative estimate of drug-likeness (QED) is 0.427. The van der Waals surface area contributed by atoms with Gasteiger partial charge in [0.25, 0.3) is 0 Å². The van der Waals surface area contributed by atoms with E-state index >= 15 is 0 Å². The zero-order valence-corrected chi connectivity index (χ0v) is 10.6. The van der Waals surface area contributed by atoms with Gasteiger partial charge in [-0.2, -0.15) is 0 Å². The zero-order valence-electron chi connectivity index (χ0n) is 9.74. The van der Waals surface area contributed by atoms with Crippen LogP contribution in [0.4, 0.5) is 4.79 Å². The monoisotopic (exact) mass is 261 g/mol. The van der Waals surface area contributed by atoms with Crippen LogP contribution in [0.1, 0.15) is 6.42 Å². The van der Waals surface area contributed by atoms with Crippen LogP contribution in [0.25, 0.3) is 0 Å². The van der Waals surface area contributed by atoms with Crippen molar-refractivity contribution in [2.75, 3.05) is 26.6 Å². The van der Waals surface area contributed by atoms with Gasteiger partial charge in [0.15, 0.2) is 0 Å². The topological polar surface area (TPSA) is 93.4 Å². The third-order valence-corrected chi connectivity index (χ3v) is 2.63. The summed E-state index contributed by atoms with van der Waals surface area (Å²) in [5, 5.41) is 20.0. The molecule has 1 aromatic rings. The Hall–Kier alpha value is -1.35. The molecular weight excluding hydrogens is 246 g/mol. The highest BCUT2D eigenvalue weighted by molar-refractivity contribution is 7.99. The minimum Gasteiger partial charge on any atom is -0.450 e. The number of aryl methyl sites for hydroxylation is 1. The number of hydrogen-bond donors (Lipinski definition) is 1. The van der Waals surface area contributed by atoms with E-state index in [1.807, 2.05) is 14.1 Å². The molecule has 96 valence electrons. The van der Waals surface area contributed by atoms with E-state index in [-0.39, 0.29) is 5.94 Å². The average Bonchev–Trinajstić information content (AvgIpc) is 2.65. The summed E-state index contributed by atoms with van der Waals surface area (Å²) in [7, 11) is 3.99. The van der Waals surface area contributed by atoms with Gasteiger partial charge < -0.3 is 14.7 Å². The average molecular weight is 261 g/mol. The van der Waals surface area contributed by atoms with E-state index < -0.39 is 6.16 Å². The Bertz CT molecular complexity index is 357. The maximum atomic E-state index is 10.2. The van der Waals surface area contributed by atoms with Crippen molar-refractivity contribution in [3.05, 3.63) is 0 Å². The maximum Gasteiger partial charge on any atom is 0.506 e. The van der Waals surface area contributed by atoms with Crippen LogP contribution in [-0.2, 0) is 11.3 Å². The molecule has 0 aliphatic carbocycles. The fourth-order valence-corrected chi connectivity index (χ4v) is 1.75. The highest BCUT2D eigenvalue weighted by atomic mass is 32.2. The molecule has 0 radical (unpaired) electrons. The number of thioether (sulfide) groups is 1. The summed E-state index contributed by atoms with van der Waals surface area (Å²) in [4.78, 5) is 12.2. The predicted molar refractivity (Wildman–Crippen MR) is 60.8 cm³/mol. The molecule has 0 bridgehead atoms. The third-order valence-electron chi connectivity index (χ3n) is 1.84. The maximum absolute atomic E-state index is 10.2. The van der Waals surface area contributed by atoms with Gasteiger partial charge in [-0.1, -0.05) is 0 Å². The minimum absolute atomic E-state index is 0.0105. The van der Waals surface area contributed by atoms with Gasteiger partial charge in [0.05, 0.1) is 0 Å². The second-order valence-electron chi connectivity index (χ2n) is 3.51. The summed E-state index contributed by atoms with van der Waals surface area (Å²) in [6.07, 6.45) is -0.380. The summed E-state index contributed by atoms with van der Waals surface area (Å²) in [6.45, 7) is 1.64. The first-order chi connectivity index (χ1) is 8.09. The first-order valence-corrected chi connectivity index (χ1v) is 5.97. The zero-order chi connectivity index (χ0) is 12.7. The lowest BCUT2D eigenvalue weighted by Gasteiger charge is -2.09. The highest BCUT2D eigenvalue weighted by Gasteiger charge is 2.07. The van der Waals surface area contributed by atoms with E-state index in [0.717, 1.165) is 24.7 Å². The predicted octanol–water partition coefficient (Wildman–Crippen LogP) is 0.369. The molecule has 0 aliphatic heterocycles. The molecule has 1 rings (SSSR count). The number of nitrogens with zero attached hydrogens (tertiary/aromatic N) is 5. The van der Waals surface area contributed by atoms with Gasteiger partial charge in [-0.15, -0.1) is 5.10 Å². The summed E-state index contributed by atoms with van der Waals surface area (Å²) in [6, 6.07) is 0. The fourth-order valence-electron chi connectivity index (χ4n) is 1.11. The summed E-state index contributed by atoms with van der Waals surface area (Å²) in [5.74, 6) is -0.0105. The largest absolute Gasteiger partial charge is 0.506 e. The van der Waals surface area contributed by atoms with E-state index in [4.69, 9.17) is 5.11 Å². The second kappa shape index (κ2) is 7.07. The van der Waals surface area contributed by atoms with Crippen molar-refractivity contribution in [2.24, 2.45) is 0 Å². The van der Waals surface area contributed by atoms with Crippen LogP contribution in [0.5, 0.6) is 0 Å². The van der Waals surface area contributed by atoms with Crippen molar-refractivity contribution in [3.63, 3.8) is 0 Å². The normalized spacial score (nSPS) is 10.8. The van der Waals surface area contributed by atoms with E-state index in [0.29, 0.717) is 11.7 Å². The van der Waals surface area contributed by atoms with Crippen molar-refractivity contribution in [2.45, 2.75) is 18.1 Å². The molecule has 0 aliphatic rings. The summed E-state index contributed by atoms with van der Waals surface area (Å²) < 4.78 is 6.01. The minimum atomic E-state index is -1.30. The summed E-state index contributed by atoms with van der Waals surface area (Å²) >= 11 is 1.15. The number of carboxylic acid groups (broad SMARTS) is 1. The molecule has 1 heterocycles. The van der Waals surface area contributed by atoms with E-state index in [9.17, 15) is 4.79 Å². The van der Waals surface area contributed by atoms with Gasteiger partial charge >= 0.3 is 6.16 Å². The summed E-state index contributed by atoms with van der Waals surface area (Å²) in [5.41, 5.74) is 0. The van der Waals surface area contributed by atoms with E-state index in [2.05, 4.69) is 25.2 Å². The Morgan fingerprint density at radius 1 is 1.59 bits per heavy atom. The molecule has 0 saturated heterocycles. The van der Waals surface area contributed by atoms with Crippen LogP contribution in [0.3, 0.4) is 0 Å². The van der Waals surface area contributed by atoms with Gasteiger partial charge in [0.2, 0.25) is 5.16 Å². The molecular formula is C8H15N5O3S. The van der Waals surface area contributed by atoms with Gasteiger partial charge in [-0.3, -0.25) is 0 Å². The number of ether oxygens (including phenoxy) is 1. The van der Waals surface area contributed by atoms with Crippen LogP contribution in [0.15, 0.2) is 5.16 Å². The van der Waals surface area contributed by atoms with Crippen LogP contribution in [-0.4, -0.2) is 62.9 Å². The van der Waals surface area contributed by atoms with Gasteiger partial charge in [-0.05, 0) is 49.2 Å². The molecule has 0 amide bonds. The van der Waals surface area contributed by atoms with Gasteiger partial charge in [-0.25, -0.2) is 9.48 Å². The Labute approximate surface area is 103 Å². The standard InChI is InChI=1S/C8H15N5O3S/c1-12(2)4-3-5-13-7(9-10-11-13)17-6-16-8(14)15/h3-6H2,1-2H3,(H,14,15). The molecule has 0 saturated carbocycles. The van der Waals surface area contributed by atoms with E-state index in [1.54, 1.807) is 4.68 Å². The molecule has 8 nitrogen and oxygen atoms in total. The molecule has 1 N–H and O–H groups in total. The number of carbonyl (C=O) groups is 1. The van der Waals surface area contributed by atoms with Crippen molar-refractivity contribution in [1.82, 2.24) is 25.1 Å². The molecule has 0 spiro atoms. The Morgan fingerprint density at radius 3 is 3.00 bits per heavy atom. The van der Waals surface area contributed by atoms with Crippen molar-refractivity contribution < 1.29 is 14.6 Å². The first kappa shape index (κ1) is 13.7. The first-order valence-electron chi connectivity index (χ1n) is 4.99. The van der Waals surface area contributed by atoms with Crippen molar-refractivity contribution in [3.8, 4) is 0 Å². The van der Waals surface area contributed by atoms with Crippen molar-refractivity contribution in [1.29, 1.82) is 0 Å². The van der Waals surface area contributed by atoms with E-state index in [1.165, 1.54) is 0 Å².